The number of aromatic amines is 2. The van der Waals surface area contributed by atoms with Crippen LogP contribution in [0, 0.1) is 0 Å². The summed E-state index contributed by atoms with van der Waals surface area (Å²) in [5.74, 6) is -0.318. The number of fused-ring (bicyclic) bond motifs is 1. The van der Waals surface area contributed by atoms with Gasteiger partial charge in [-0.25, -0.2) is 10.1 Å². The average molecular weight is 283 g/mol. The van der Waals surface area contributed by atoms with E-state index in [1.165, 1.54) is 0 Å². The highest BCUT2D eigenvalue weighted by atomic mass is 16.2. The summed E-state index contributed by atoms with van der Waals surface area (Å²) in [7, 11) is 0. The molecule has 21 heavy (non-hydrogen) atoms. The minimum atomic E-state index is -0.318. The van der Waals surface area contributed by atoms with Crippen molar-refractivity contribution in [3.8, 4) is 0 Å². The number of hydrogen-bond donors (Lipinski definition) is 3. The zero-order valence-corrected chi connectivity index (χ0v) is 11.1. The Kier molecular flexibility index (Phi) is 3.46. The number of nitrogens with one attached hydrogen (secondary N) is 3. The van der Waals surface area contributed by atoms with Crippen molar-refractivity contribution < 1.29 is 4.79 Å². The molecule has 0 atom stereocenters. The number of aromatic nitrogens is 4. The van der Waals surface area contributed by atoms with E-state index in [2.05, 4.69) is 25.5 Å². The molecule has 0 saturated heterocycles. The number of benzene rings is 1. The number of H-pyrrole nitrogens is 2. The smallest absolute Gasteiger partial charge is 0.272 e. The van der Waals surface area contributed by atoms with E-state index in [1.807, 2.05) is 0 Å². The molecule has 3 aromatic rings. The summed E-state index contributed by atoms with van der Waals surface area (Å²) in [5.41, 5.74) is 0.851. The third-order valence-electron chi connectivity index (χ3n) is 3.15. The second-order valence-electron chi connectivity index (χ2n) is 4.53. The molecule has 0 unspecified atom stereocenters. The molecule has 0 aliphatic heterocycles. The summed E-state index contributed by atoms with van der Waals surface area (Å²) in [6.45, 7) is 0.455. The number of carbonyl (C=O) groups excluding carboxylic acids is 1. The first-order valence-corrected chi connectivity index (χ1v) is 6.48. The number of amides is 1. The zero-order valence-electron chi connectivity index (χ0n) is 11.1. The van der Waals surface area contributed by atoms with Crippen molar-refractivity contribution in [1.29, 1.82) is 0 Å². The quantitative estimate of drug-likeness (QED) is 0.653. The highest BCUT2D eigenvalue weighted by Crippen LogP contribution is 2.11. The molecular formula is C14H13N5O2. The van der Waals surface area contributed by atoms with Crippen molar-refractivity contribution >= 4 is 16.7 Å². The molecule has 2 heterocycles. The Bertz CT molecular complexity index is 823. The van der Waals surface area contributed by atoms with E-state index in [-0.39, 0.29) is 17.2 Å². The lowest BCUT2D eigenvalue weighted by atomic mass is 10.1. The van der Waals surface area contributed by atoms with Gasteiger partial charge in [-0.1, -0.05) is 18.2 Å². The number of hydrogen-bond acceptors (Lipinski definition) is 4. The molecular weight excluding hydrogens is 270 g/mol. The maximum atomic E-state index is 12.2. The van der Waals surface area contributed by atoms with Crippen molar-refractivity contribution in [2.75, 3.05) is 6.54 Å². The maximum Gasteiger partial charge on any atom is 0.272 e. The number of nitrogens with zero attached hydrogens (tertiary/aromatic N) is 2. The molecule has 106 valence electrons. The van der Waals surface area contributed by atoms with E-state index in [0.29, 0.717) is 23.7 Å². The van der Waals surface area contributed by atoms with Crippen LogP contribution in [0.1, 0.15) is 16.2 Å². The van der Waals surface area contributed by atoms with Crippen LogP contribution in [0.2, 0.25) is 0 Å². The predicted molar refractivity (Wildman–Crippen MR) is 77.0 cm³/mol. The highest BCUT2D eigenvalue weighted by molar-refractivity contribution is 6.04. The third-order valence-corrected chi connectivity index (χ3v) is 3.15. The van der Waals surface area contributed by atoms with E-state index in [4.69, 9.17) is 0 Å². The first kappa shape index (κ1) is 13.0. The third kappa shape index (κ3) is 2.66. The lowest BCUT2D eigenvalue weighted by molar-refractivity contribution is 0.0950. The van der Waals surface area contributed by atoms with Gasteiger partial charge in [0.2, 0.25) is 0 Å². The van der Waals surface area contributed by atoms with Gasteiger partial charge < -0.3 is 10.3 Å². The number of imidazole rings is 1. The monoisotopic (exact) mass is 283 g/mol. The van der Waals surface area contributed by atoms with Crippen molar-refractivity contribution in [1.82, 2.24) is 25.5 Å². The molecule has 1 aromatic carbocycles. The Hall–Kier alpha value is -2.96. The first-order chi connectivity index (χ1) is 10.3. The summed E-state index contributed by atoms with van der Waals surface area (Å²) in [6, 6.07) is 6.89. The Balaban J connectivity index is 1.78. The van der Waals surface area contributed by atoms with Gasteiger partial charge in [-0.05, 0) is 6.07 Å². The molecule has 0 radical (unpaired) electrons. The second kappa shape index (κ2) is 5.58. The van der Waals surface area contributed by atoms with E-state index in [9.17, 15) is 9.59 Å². The Labute approximate surface area is 119 Å². The van der Waals surface area contributed by atoms with Crippen LogP contribution in [0.5, 0.6) is 0 Å². The molecule has 0 aliphatic carbocycles. The van der Waals surface area contributed by atoms with Crippen LogP contribution in [-0.4, -0.2) is 32.6 Å². The van der Waals surface area contributed by atoms with Crippen LogP contribution in [0.4, 0.5) is 0 Å². The largest absolute Gasteiger partial charge is 0.350 e. The zero-order chi connectivity index (χ0) is 14.7. The van der Waals surface area contributed by atoms with Crippen LogP contribution in [0.3, 0.4) is 0 Å². The average Bonchev–Trinajstić information content (AvgIpc) is 3.01. The van der Waals surface area contributed by atoms with Gasteiger partial charge in [0.15, 0.2) is 5.69 Å². The topological polar surface area (TPSA) is 104 Å². The van der Waals surface area contributed by atoms with Gasteiger partial charge >= 0.3 is 0 Å². The fraction of sp³-hybridized carbons (Fsp3) is 0.143. The normalized spacial score (nSPS) is 10.7. The Morgan fingerprint density at radius 3 is 2.81 bits per heavy atom. The molecule has 2 aromatic heterocycles. The second-order valence-corrected chi connectivity index (χ2v) is 4.53. The summed E-state index contributed by atoms with van der Waals surface area (Å²) in [5, 5.41) is 9.97. The Morgan fingerprint density at radius 2 is 2.05 bits per heavy atom. The fourth-order valence-corrected chi connectivity index (χ4v) is 2.10. The number of rotatable bonds is 4. The van der Waals surface area contributed by atoms with Gasteiger partial charge in [0.05, 0.1) is 11.7 Å². The first-order valence-electron chi connectivity index (χ1n) is 6.48. The minimum absolute atomic E-state index is 0.217. The maximum absolute atomic E-state index is 12.2. The van der Waals surface area contributed by atoms with Gasteiger partial charge in [0.25, 0.3) is 11.5 Å². The summed E-state index contributed by atoms with van der Waals surface area (Å²) in [6.07, 6.45) is 3.95. The molecule has 0 bridgehead atoms. The summed E-state index contributed by atoms with van der Waals surface area (Å²) in [4.78, 5) is 30.7. The van der Waals surface area contributed by atoms with Crippen LogP contribution in [0.25, 0.3) is 10.8 Å². The standard InChI is InChI=1S/C14H13N5O2/c20-13-11-4-2-1-3-10(11)12(18-19-13)14(21)16-6-5-9-7-15-8-17-9/h1-4,7-8H,5-6H2,(H,15,17)(H,16,21)(H,19,20). The molecule has 0 saturated carbocycles. The van der Waals surface area contributed by atoms with Crippen molar-refractivity contribution in [2.45, 2.75) is 6.42 Å². The van der Waals surface area contributed by atoms with Crippen LogP contribution < -0.4 is 10.9 Å². The Morgan fingerprint density at radius 1 is 1.24 bits per heavy atom. The van der Waals surface area contributed by atoms with Gasteiger partial charge in [0, 0.05) is 30.2 Å². The lowest BCUT2D eigenvalue weighted by Gasteiger charge is -2.06. The molecule has 3 rings (SSSR count). The SMILES string of the molecule is O=C(NCCc1cnc[nH]1)c1n[nH]c(=O)c2ccccc12. The summed E-state index contributed by atoms with van der Waals surface area (Å²) >= 11 is 0. The highest BCUT2D eigenvalue weighted by Gasteiger charge is 2.13. The molecule has 0 spiro atoms. The van der Waals surface area contributed by atoms with E-state index >= 15 is 0 Å². The molecule has 7 nitrogen and oxygen atoms in total. The van der Waals surface area contributed by atoms with E-state index < -0.39 is 0 Å². The molecule has 0 fully saturated rings. The lowest BCUT2D eigenvalue weighted by Crippen LogP contribution is -2.28. The van der Waals surface area contributed by atoms with E-state index in [1.54, 1.807) is 36.8 Å². The molecule has 7 heteroatoms. The van der Waals surface area contributed by atoms with Crippen LogP contribution in [-0.2, 0) is 6.42 Å². The van der Waals surface area contributed by atoms with Crippen molar-refractivity contribution in [2.24, 2.45) is 0 Å². The van der Waals surface area contributed by atoms with Gasteiger partial charge in [0.1, 0.15) is 0 Å². The van der Waals surface area contributed by atoms with Crippen molar-refractivity contribution in [3.63, 3.8) is 0 Å². The van der Waals surface area contributed by atoms with Crippen LogP contribution in [0.15, 0.2) is 41.6 Å². The fourth-order valence-electron chi connectivity index (χ4n) is 2.10. The molecule has 1 amide bonds. The van der Waals surface area contributed by atoms with Gasteiger partial charge in [-0.3, -0.25) is 9.59 Å². The molecule has 0 aliphatic rings. The minimum Gasteiger partial charge on any atom is -0.350 e. The van der Waals surface area contributed by atoms with Crippen LogP contribution >= 0.6 is 0 Å². The molecule has 3 N–H and O–H groups in total. The van der Waals surface area contributed by atoms with Crippen molar-refractivity contribution in [3.05, 3.63) is 58.5 Å². The predicted octanol–water partition coefficient (Wildman–Crippen LogP) is 0.619. The van der Waals surface area contributed by atoms with Gasteiger partial charge in [-0.15, -0.1) is 0 Å². The summed E-state index contributed by atoms with van der Waals surface area (Å²) < 4.78 is 0. The number of carbonyl (C=O) groups is 1. The van der Waals surface area contributed by atoms with Gasteiger partial charge in [-0.2, -0.15) is 5.10 Å². The van der Waals surface area contributed by atoms with E-state index in [0.717, 1.165) is 5.69 Å².